The molecule has 1 saturated heterocycles. The zero-order chi connectivity index (χ0) is 6.97. The van der Waals surface area contributed by atoms with Crippen LogP contribution in [0.25, 0.3) is 0 Å². The van der Waals surface area contributed by atoms with Gasteiger partial charge in [-0.1, -0.05) is 4.90 Å². The summed E-state index contributed by atoms with van der Waals surface area (Å²) < 4.78 is 0. The van der Waals surface area contributed by atoms with Gasteiger partial charge in [0.2, 0.25) is 6.54 Å². The van der Waals surface area contributed by atoms with Crippen molar-refractivity contribution in [2.24, 2.45) is 4.99 Å². The van der Waals surface area contributed by atoms with Crippen LogP contribution in [0.4, 0.5) is 0 Å². The molecule has 1 N–H and O–H groups in total. The van der Waals surface area contributed by atoms with Gasteiger partial charge in [-0.15, -0.1) is 0 Å². The largest absolute Gasteiger partial charge is 0.340 e. The zero-order valence-electron chi connectivity index (χ0n) is 5.37. The van der Waals surface area contributed by atoms with Crippen molar-refractivity contribution in [1.82, 2.24) is 10.2 Å². The van der Waals surface area contributed by atoms with Gasteiger partial charge in [0.05, 0.1) is 6.20 Å². The fourth-order valence-electron chi connectivity index (χ4n) is 1.04. The molecule has 0 spiro atoms. The van der Waals surface area contributed by atoms with Crippen LogP contribution in [0.2, 0.25) is 0 Å². The van der Waals surface area contributed by atoms with E-state index in [0.717, 1.165) is 5.84 Å². The highest BCUT2D eigenvalue weighted by Gasteiger charge is 2.32. The molecular formula is C6H7N3O+. The quantitative estimate of drug-likeness (QED) is 0.434. The Morgan fingerprint density at radius 1 is 1.70 bits per heavy atom. The Kier molecular flexibility index (Phi) is 1.07. The van der Waals surface area contributed by atoms with Gasteiger partial charge in [0, 0.05) is 0 Å². The molecule has 51 valence electrons. The highest BCUT2D eigenvalue weighted by molar-refractivity contribution is 5.99. The lowest BCUT2D eigenvalue weighted by Crippen LogP contribution is -2.51. The summed E-state index contributed by atoms with van der Waals surface area (Å²) in [5, 5.41) is 2.70. The number of carbonyl (C=O) groups excluding carboxylic acids is 1. The second kappa shape index (κ2) is 1.91. The molecule has 0 saturated carbocycles. The highest BCUT2D eigenvalue weighted by Crippen LogP contribution is 2.01. The van der Waals surface area contributed by atoms with Crippen LogP contribution in [-0.4, -0.2) is 24.8 Å². The van der Waals surface area contributed by atoms with Gasteiger partial charge < -0.3 is 5.32 Å². The van der Waals surface area contributed by atoms with Gasteiger partial charge in [0.25, 0.3) is 11.7 Å². The van der Waals surface area contributed by atoms with E-state index in [0.29, 0.717) is 13.1 Å². The van der Waals surface area contributed by atoms with E-state index in [2.05, 4.69) is 10.3 Å². The molecule has 2 heterocycles. The van der Waals surface area contributed by atoms with Gasteiger partial charge in [-0.3, -0.25) is 4.79 Å². The molecule has 0 unspecified atom stereocenters. The normalized spacial score (nSPS) is 24.0. The van der Waals surface area contributed by atoms with E-state index >= 15 is 0 Å². The Labute approximate surface area is 58.2 Å². The molecule has 10 heavy (non-hydrogen) atoms. The second-order valence-corrected chi connectivity index (χ2v) is 2.25. The number of nitrogens with zero attached hydrogens (tertiary/aromatic N) is 2. The molecule has 2 aliphatic rings. The van der Waals surface area contributed by atoms with Crippen molar-refractivity contribution in [1.29, 1.82) is 0 Å². The minimum absolute atomic E-state index is 0.0606. The summed E-state index contributed by atoms with van der Waals surface area (Å²) in [6.07, 6.45) is 3.52. The van der Waals surface area contributed by atoms with Crippen molar-refractivity contribution in [3.8, 4) is 0 Å². The van der Waals surface area contributed by atoms with Crippen LogP contribution in [0.15, 0.2) is 17.4 Å². The fourth-order valence-corrected chi connectivity index (χ4v) is 1.04. The van der Waals surface area contributed by atoms with E-state index in [1.165, 1.54) is 0 Å². The molecule has 2 rings (SSSR count). The summed E-state index contributed by atoms with van der Waals surface area (Å²) in [6.45, 7) is 0.973. The Balaban J connectivity index is 2.19. The highest BCUT2D eigenvalue weighted by atomic mass is 16.2. The van der Waals surface area contributed by atoms with Crippen LogP contribution >= 0.6 is 0 Å². The molecule has 1 fully saturated rings. The molecule has 0 aromatic heterocycles. The predicted octanol–water partition coefficient (Wildman–Crippen LogP) is -0.860. The summed E-state index contributed by atoms with van der Waals surface area (Å²) >= 11 is 0. The Morgan fingerprint density at radius 3 is 3.50 bits per heavy atom. The van der Waals surface area contributed by atoms with Crippen molar-refractivity contribution in [2.45, 2.75) is 0 Å². The van der Waals surface area contributed by atoms with E-state index in [1.54, 1.807) is 6.20 Å². The fraction of sp³-hybridized carbons (Fsp3) is 0.333. The molecule has 0 atom stereocenters. The van der Waals surface area contributed by atoms with Gasteiger partial charge in [-0.25, -0.2) is 0 Å². The average Bonchev–Trinajstić information content (AvgIpc) is 2.33. The van der Waals surface area contributed by atoms with Crippen LogP contribution in [0.1, 0.15) is 0 Å². The number of carbonyl (C=O) groups is 1. The summed E-state index contributed by atoms with van der Waals surface area (Å²) in [4.78, 5) is 16.6. The standard InChI is InChI=1S/C6H7N3O/c10-6-4-9-2-1-7-5(9)3-8-6/h1-2H,3-4H2,(H,8,10)/q+1. The van der Waals surface area contributed by atoms with Gasteiger partial charge in [0.1, 0.15) is 6.54 Å². The number of hydrogen-bond donors (Lipinski definition) is 1. The first kappa shape index (κ1) is 5.61. The summed E-state index contributed by atoms with van der Waals surface area (Å²) in [6, 6.07) is 0. The molecule has 2 aliphatic heterocycles. The maximum absolute atomic E-state index is 10.8. The van der Waals surface area contributed by atoms with Crippen LogP contribution in [0.5, 0.6) is 0 Å². The lowest BCUT2D eigenvalue weighted by atomic mass is 10.3. The third-order valence-electron chi connectivity index (χ3n) is 1.56. The van der Waals surface area contributed by atoms with Crippen molar-refractivity contribution >= 4 is 11.7 Å². The first-order valence-corrected chi connectivity index (χ1v) is 3.13. The number of amidine groups is 1. The van der Waals surface area contributed by atoms with E-state index in [-0.39, 0.29) is 5.91 Å². The Morgan fingerprint density at radius 2 is 2.60 bits per heavy atom. The lowest BCUT2D eigenvalue weighted by Gasteiger charge is -2.11. The summed E-state index contributed by atoms with van der Waals surface area (Å²) in [5.74, 6) is 0.991. The molecule has 1 amide bonds. The van der Waals surface area contributed by atoms with Crippen LogP contribution in [0.3, 0.4) is 0 Å². The molecule has 4 nitrogen and oxygen atoms in total. The van der Waals surface area contributed by atoms with Gasteiger partial charge in [-0.2, -0.15) is 4.99 Å². The van der Waals surface area contributed by atoms with E-state index in [4.69, 9.17) is 0 Å². The van der Waals surface area contributed by atoms with Crippen molar-refractivity contribution < 1.29 is 4.79 Å². The number of fused-ring (bicyclic) bond motifs is 1. The molecule has 0 bridgehead atoms. The number of aliphatic imine (C=N–C) groups is 1. The van der Waals surface area contributed by atoms with Crippen LogP contribution in [-0.2, 0) is 4.79 Å². The average molecular weight is 137 g/mol. The summed E-state index contributed by atoms with van der Waals surface area (Å²) in [5.41, 5.74) is 0. The minimum Gasteiger partial charge on any atom is -0.340 e. The van der Waals surface area contributed by atoms with E-state index in [1.807, 2.05) is 11.1 Å². The summed E-state index contributed by atoms with van der Waals surface area (Å²) in [7, 11) is 0. The van der Waals surface area contributed by atoms with Gasteiger partial charge >= 0.3 is 0 Å². The minimum atomic E-state index is 0.0606. The third-order valence-corrected chi connectivity index (χ3v) is 1.56. The molecular weight excluding hydrogens is 130 g/mol. The molecule has 1 radical (unpaired) electrons. The number of hydrogen-bond acceptors (Lipinski definition) is 3. The first-order chi connectivity index (χ1) is 4.86. The van der Waals surface area contributed by atoms with Crippen LogP contribution < -0.4 is 10.2 Å². The Hall–Kier alpha value is -1.16. The zero-order valence-corrected chi connectivity index (χ0v) is 5.37. The van der Waals surface area contributed by atoms with Crippen molar-refractivity contribution in [2.75, 3.05) is 13.1 Å². The molecule has 0 aromatic rings. The predicted molar refractivity (Wildman–Crippen MR) is 36.6 cm³/mol. The third kappa shape index (κ3) is 0.733. The van der Waals surface area contributed by atoms with Crippen molar-refractivity contribution in [3.63, 3.8) is 0 Å². The Bertz CT molecular complexity index is 231. The SMILES string of the molecule is O=C1C[N+]2C=CN=C2CN1. The molecule has 0 aliphatic carbocycles. The van der Waals surface area contributed by atoms with Crippen LogP contribution in [0, 0.1) is 0 Å². The maximum Gasteiger partial charge on any atom is 0.281 e. The van der Waals surface area contributed by atoms with E-state index in [9.17, 15) is 4.79 Å². The van der Waals surface area contributed by atoms with Gasteiger partial charge in [0.15, 0.2) is 6.20 Å². The van der Waals surface area contributed by atoms with Gasteiger partial charge in [-0.05, 0) is 0 Å². The number of piperazine rings is 1. The first-order valence-electron chi connectivity index (χ1n) is 3.13. The monoisotopic (exact) mass is 137 g/mol. The number of amides is 1. The number of rotatable bonds is 0. The lowest BCUT2D eigenvalue weighted by molar-refractivity contribution is -0.120. The topological polar surface area (TPSA) is 47.4 Å². The number of nitrogens with one attached hydrogen (secondary N) is 1. The van der Waals surface area contributed by atoms with E-state index < -0.39 is 0 Å². The molecule has 4 heteroatoms. The smallest absolute Gasteiger partial charge is 0.281 e. The van der Waals surface area contributed by atoms with Crippen molar-refractivity contribution in [3.05, 3.63) is 12.4 Å². The second-order valence-electron chi connectivity index (χ2n) is 2.25. The molecule has 0 aromatic carbocycles. The maximum atomic E-state index is 10.8.